The van der Waals surface area contributed by atoms with Crippen molar-refractivity contribution in [1.82, 2.24) is 14.5 Å². The second kappa shape index (κ2) is 14.2. The van der Waals surface area contributed by atoms with Crippen LogP contribution in [0.4, 0.5) is 9.52 Å². The molecule has 7 rings (SSSR count). The fourth-order valence-electron chi connectivity index (χ4n) is 5.60. The summed E-state index contributed by atoms with van der Waals surface area (Å²) in [6.45, 7) is 0.316. The van der Waals surface area contributed by atoms with Gasteiger partial charge in [-0.05, 0) is 54.7 Å². The zero-order chi connectivity index (χ0) is 30.1. The van der Waals surface area contributed by atoms with Gasteiger partial charge in [0.1, 0.15) is 11.3 Å². The number of amides is 1. The van der Waals surface area contributed by atoms with E-state index in [1.807, 2.05) is 47.2 Å². The van der Waals surface area contributed by atoms with Crippen LogP contribution in [0.3, 0.4) is 0 Å². The first-order chi connectivity index (χ1) is 21.6. The summed E-state index contributed by atoms with van der Waals surface area (Å²) in [5.41, 5.74) is 4.84. The largest absolute Gasteiger partial charge is 0.306 e. The maximum atomic E-state index is 14.3. The molecule has 44 heavy (non-hydrogen) atoms. The van der Waals surface area contributed by atoms with Crippen LogP contribution in [0.1, 0.15) is 48.9 Å². The first kappa shape index (κ1) is 29.5. The maximum Gasteiger partial charge on any atom is 0.232 e. The van der Waals surface area contributed by atoms with Crippen LogP contribution in [-0.2, 0) is 17.8 Å². The number of anilines is 1. The van der Waals surface area contributed by atoms with Crippen LogP contribution >= 0.6 is 11.3 Å². The molecule has 1 amide bonds. The van der Waals surface area contributed by atoms with E-state index in [2.05, 4.69) is 70.6 Å². The van der Waals surface area contributed by atoms with Crippen molar-refractivity contribution in [1.29, 1.82) is 0 Å². The molecule has 2 heterocycles. The number of imidazole rings is 1. The minimum absolute atomic E-state index is 0.0122. The monoisotopic (exact) mass is 602 g/mol. The molecule has 1 aliphatic rings. The van der Waals surface area contributed by atoms with Crippen molar-refractivity contribution in [3.63, 3.8) is 0 Å². The molecular formula is C37H35FN4OS. The Hall–Kier alpha value is -4.62. The third kappa shape index (κ3) is 7.29. The lowest BCUT2D eigenvalue weighted by Gasteiger charge is -2.27. The summed E-state index contributed by atoms with van der Waals surface area (Å²) in [6, 6.07) is 35.9. The van der Waals surface area contributed by atoms with Crippen LogP contribution in [0.25, 0.3) is 15.9 Å². The molecule has 222 valence electrons. The van der Waals surface area contributed by atoms with Gasteiger partial charge in [-0.1, -0.05) is 116 Å². The number of hydrogen-bond donors (Lipinski definition) is 0. The fourth-order valence-corrected chi connectivity index (χ4v) is 6.59. The summed E-state index contributed by atoms with van der Waals surface area (Å²) in [6.07, 6.45) is 9.83. The summed E-state index contributed by atoms with van der Waals surface area (Å²) < 4.78 is 16.9. The highest BCUT2D eigenvalue weighted by Crippen LogP contribution is 2.34. The minimum atomic E-state index is -0.363. The average Bonchev–Trinajstić information content (AvgIpc) is 3.74. The Labute approximate surface area is 261 Å². The highest BCUT2D eigenvalue weighted by molar-refractivity contribution is 7.22. The fraction of sp³-hybridized carbons (Fsp3) is 0.216. The van der Waals surface area contributed by atoms with Crippen molar-refractivity contribution in [2.45, 2.75) is 45.1 Å². The number of carbonyl (C=O) groups is 1. The van der Waals surface area contributed by atoms with Gasteiger partial charge in [-0.15, -0.1) is 0 Å². The molecule has 1 aliphatic carbocycles. The van der Waals surface area contributed by atoms with Crippen molar-refractivity contribution in [3.8, 4) is 5.69 Å². The molecule has 2 aromatic heterocycles. The summed E-state index contributed by atoms with van der Waals surface area (Å²) >= 11 is 1.35. The first-order valence-corrected chi connectivity index (χ1v) is 16.0. The van der Waals surface area contributed by atoms with Crippen LogP contribution in [0.2, 0.25) is 0 Å². The van der Waals surface area contributed by atoms with Crippen molar-refractivity contribution in [2.24, 2.45) is 5.92 Å². The van der Waals surface area contributed by atoms with Crippen LogP contribution in [0.15, 0.2) is 122 Å². The third-order valence-corrected chi connectivity index (χ3v) is 8.96. The Kier molecular flexibility index (Phi) is 9.53. The van der Waals surface area contributed by atoms with E-state index in [-0.39, 0.29) is 17.6 Å². The SMILES string of the molecule is O=C(C1CCCCC1)N(Cc1cn(-c2ccccc2)cn1)c1nc2c(F)cccc2s1.c1ccc(Cc2ccccc2)cc1. The smallest absolute Gasteiger partial charge is 0.232 e. The normalized spacial score (nSPS) is 13.3. The molecule has 5 nitrogen and oxygen atoms in total. The summed E-state index contributed by atoms with van der Waals surface area (Å²) in [5, 5.41) is 0.532. The number of thiazole rings is 1. The lowest BCUT2D eigenvalue weighted by Crippen LogP contribution is -2.36. The number of hydrogen-bond acceptors (Lipinski definition) is 4. The van der Waals surface area contributed by atoms with Crippen molar-refractivity contribution < 1.29 is 9.18 Å². The lowest BCUT2D eigenvalue weighted by molar-refractivity contribution is -0.123. The van der Waals surface area contributed by atoms with Crippen LogP contribution < -0.4 is 4.90 Å². The average molecular weight is 603 g/mol. The van der Waals surface area contributed by atoms with Gasteiger partial charge in [0.05, 0.1) is 23.3 Å². The number of carbonyl (C=O) groups excluding carboxylic acids is 1. The van der Waals surface area contributed by atoms with E-state index in [1.54, 1.807) is 17.3 Å². The number of nitrogens with zero attached hydrogens (tertiary/aromatic N) is 4. The Morgan fingerprint density at radius 3 is 2.09 bits per heavy atom. The number of rotatable bonds is 7. The highest BCUT2D eigenvalue weighted by Gasteiger charge is 2.29. The van der Waals surface area contributed by atoms with Crippen molar-refractivity contribution in [2.75, 3.05) is 4.90 Å². The summed E-state index contributed by atoms with van der Waals surface area (Å²) in [7, 11) is 0. The van der Waals surface area contributed by atoms with E-state index in [0.717, 1.165) is 48.2 Å². The molecule has 1 fully saturated rings. The van der Waals surface area contributed by atoms with E-state index in [9.17, 15) is 9.18 Å². The first-order valence-electron chi connectivity index (χ1n) is 15.2. The number of halogens is 1. The van der Waals surface area contributed by atoms with Gasteiger partial charge in [0.15, 0.2) is 5.13 Å². The predicted molar refractivity (Wildman–Crippen MR) is 177 cm³/mol. The van der Waals surface area contributed by atoms with Gasteiger partial charge in [-0.2, -0.15) is 0 Å². The third-order valence-electron chi connectivity index (χ3n) is 7.91. The molecule has 0 spiro atoms. The second-order valence-corrected chi connectivity index (χ2v) is 12.1. The number of fused-ring (bicyclic) bond motifs is 1. The lowest BCUT2D eigenvalue weighted by atomic mass is 9.88. The van der Waals surface area contributed by atoms with Crippen LogP contribution in [0, 0.1) is 11.7 Å². The van der Waals surface area contributed by atoms with Crippen molar-refractivity contribution in [3.05, 3.63) is 144 Å². The molecule has 0 atom stereocenters. The molecule has 0 aliphatic heterocycles. The van der Waals surface area contributed by atoms with Gasteiger partial charge in [-0.25, -0.2) is 14.4 Å². The molecule has 6 aromatic rings. The molecule has 0 saturated heterocycles. The topological polar surface area (TPSA) is 51.0 Å². The summed E-state index contributed by atoms with van der Waals surface area (Å²) in [5.74, 6) is -0.311. The van der Waals surface area contributed by atoms with Crippen LogP contribution in [-0.4, -0.2) is 20.4 Å². The molecule has 0 bridgehead atoms. The zero-order valence-electron chi connectivity index (χ0n) is 24.6. The molecule has 1 saturated carbocycles. The summed E-state index contributed by atoms with van der Waals surface area (Å²) in [4.78, 5) is 24.2. The van der Waals surface area contributed by atoms with Gasteiger partial charge in [-0.3, -0.25) is 9.69 Å². The molecule has 4 aromatic carbocycles. The molecule has 0 radical (unpaired) electrons. The molecule has 0 N–H and O–H groups in total. The molecular weight excluding hydrogens is 567 g/mol. The highest BCUT2D eigenvalue weighted by atomic mass is 32.1. The Morgan fingerprint density at radius 1 is 0.818 bits per heavy atom. The van der Waals surface area contributed by atoms with Crippen molar-refractivity contribution >= 4 is 32.6 Å². The van der Waals surface area contributed by atoms with E-state index in [1.165, 1.54) is 35.0 Å². The van der Waals surface area contributed by atoms with Gasteiger partial charge in [0, 0.05) is 17.8 Å². The van der Waals surface area contributed by atoms with E-state index in [4.69, 9.17) is 0 Å². The van der Waals surface area contributed by atoms with E-state index in [0.29, 0.717) is 17.2 Å². The second-order valence-electron chi connectivity index (χ2n) is 11.1. The van der Waals surface area contributed by atoms with Gasteiger partial charge in [0.2, 0.25) is 5.91 Å². The minimum Gasteiger partial charge on any atom is -0.306 e. The Balaban J connectivity index is 0.000000220. The quantitative estimate of drug-likeness (QED) is 0.183. The standard InChI is InChI=1S/C24H23FN4OS.C13H12/c25-20-12-7-13-21-22(20)27-24(31-21)29(23(30)17-8-3-1-4-9-17)15-18-14-28(16-26-18)19-10-5-2-6-11-19;1-3-7-12(8-4-1)11-13-9-5-2-6-10-13/h2,5-7,10-14,16-17H,1,3-4,8-9,15H2;1-10H,11H2. The van der Waals surface area contributed by atoms with Gasteiger partial charge in [0.25, 0.3) is 0 Å². The number of benzene rings is 4. The number of aromatic nitrogens is 3. The maximum absolute atomic E-state index is 14.3. The van der Waals surface area contributed by atoms with E-state index < -0.39 is 0 Å². The number of para-hydroxylation sites is 2. The molecule has 7 heteroatoms. The van der Waals surface area contributed by atoms with Crippen LogP contribution in [0.5, 0.6) is 0 Å². The zero-order valence-corrected chi connectivity index (χ0v) is 25.4. The van der Waals surface area contributed by atoms with Gasteiger partial charge >= 0.3 is 0 Å². The molecule has 0 unspecified atom stereocenters. The Morgan fingerprint density at radius 2 is 1.45 bits per heavy atom. The Bertz CT molecular complexity index is 1740. The van der Waals surface area contributed by atoms with E-state index >= 15 is 0 Å². The van der Waals surface area contributed by atoms with Gasteiger partial charge < -0.3 is 4.57 Å². The predicted octanol–water partition coefficient (Wildman–Crippen LogP) is 9.01.